The average Bonchev–Trinajstić information content (AvgIpc) is 3.75. The van der Waals surface area contributed by atoms with Crippen molar-refractivity contribution < 1.29 is 0 Å². The molecule has 2 aromatic carbocycles. The maximum Gasteiger partial charge on any atom is 0.155 e. The third kappa shape index (κ3) is 4.59. The summed E-state index contributed by atoms with van der Waals surface area (Å²) in [6, 6.07) is 13.0. The Morgan fingerprint density at radius 2 is 1.00 bits per heavy atom. The molecule has 0 saturated heterocycles. The van der Waals surface area contributed by atoms with Crippen LogP contribution >= 0.6 is 0 Å². The summed E-state index contributed by atoms with van der Waals surface area (Å²) in [4.78, 5) is 23.8. The normalized spacial score (nSPS) is 12.7. The molecular weight excluding hydrogens is 528 g/mol. The van der Waals surface area contributed by atoms with Crippen molar-refractivity contribution in [3.8, 4) is 22.3 Å². The maximum absolute atomic E-state index is 5.16. The number of hydrogen-bond acceptors (Lipinski definition) is 4. The van der Waals surface area contributed by atoms with E-state index in [9.17, 15) is 0 Å². The standard InChI is InChI=1S/C37H34N6/c1-20-16-22(3)34(23(4)17-20)36-26-8-12-30(38-26)42-31-13-9-27(39-31)37(35-24(5)18-21(2)19-25(35)6)29-11-15-33(41-29)43(7)32-14-10-28(36)40-32/h8-19,38H,1-7H3. The number of hydrogen-bond donors (Lipinski definition) is 1. The van der Waals surface area contributed by atoms with Gasteiger partial charge in [0.25, 0.3) is 0 Å². The molecule has 5 heterocycles. The highest BCUT2D eigenvalue weighted by molar-refractivity contribution is 5.93. The van der Waals surface area contributed by atoms with Gasteiger partial charge >= 0.3 is 0 Å². The number of H-pyrrole nitrogens is 1. The van der Waals surface area contributed by atoms with Crippen LogP contribution in [0, 0.1) is 41.5 Å². The second-order valence-corrected chi connectivity index (χ2v) is 11.8. The highest BCUT2D eigenvalue weighted by Gasteiger charge is 2.20. The van der Waals surface area contributed by atoms with Gasteiger partial charge in [0.2, 0.25) is 0 Å². The van der Waals surface area contributed by atoms with Gasteiger partial charge in [-0.25, -0.2) is 19.9 Å². The van der Waals surface area contributed by atoms with Crippen molar-refractivity contribution in [1.82, 2.24) is 29.5 Å². The first-order chi connectivity index (χ1) is 20.7. The SMILES string of the molecule is Cc1cc(C)c(-c2c3nc(nc4ccc([nH]4)c(-c4c(C)cc(C)cc4C)c4nc(n(C)c5nc2C=C5)C=C4)C=C3)c(C)c1. The van der Waals surface area contributed by atoms with Crippen LogP contribution in [0.2, 0.25) is 0 Å². The average molecular weight is 563 g/mol. The Kier molecular flexibility index (Phi) is 6.24. The zero-order valence-corrected chi connectivity index (χ0v) is 25.7. The van der Waals surface area contributed by atoms with E-state index in [-0.39, 0.29) is 0 Å². The Labute approximate surface area is 251 Å². The first-order valence-electron chi connectivity index (χ1n) is 14.6. The van der Waals surface area contributed by atoms with Gasteiger partial charge in [0.05, 0.1) is 17.1 Å². The minimum Gasteiger partial charge on any atom is -0.340 e. The first kappa shape index (κ1) is 26.8. The lowest BCUT2D eigenvalue weighted by atomic mass is 9.92. The monoisotopic (exact) mass is 562 g/mol. The molecule has 7 rings (SSSR count). The van der Waals surface area contributed by atoms with E-state index >= 15 is 0 Å². The molecule has 0 amide bonds. The zero-order chi connectivity index (χ0) is 30.0. The minimum atomic E-state index is 0.650. The maximum atomic E-state index is 5.16. The van der Waals surface area contributed by atoms with Crippen molar-refractivity contribution in [1.29, 1.82) is 0 Å². The van der Waals surface area contributed by atoms with E-state index < -0.39 is 0 Å². The number of nitrogens with one attached hydrogen (secondary N) is 1. The molecule has 0 unspecified atom stereocenters. The van der Waals surface area contributed by atoms with Crippen LogP contribution in [0.4, 0.5) is 0 Å². The molecule has 0 radical (unpaired) electrons. The van der Waals surface area contributed by atoms with Crippen LogP contribution in [0.15, 0.2) is 36.4 Å². The van der Waals surface area contributed by atoms with Gasteiger partial charge in [-0.2, -0.15) is 0 Å². The summed E-state index contributed by atoms with van der Waals surface area (Å²) >= 11 is 0. The molecule has 2 aromatic heterocycles. The molecule has 3 aliphatic heterocycles. The van der Waals surface area contributed by atoms with E-state index in [2.05, 4.69) is 106 Å². The first-order valence-corrected chi connectivity index (χ1v) is 14.6. The molecule has 1 N–H and O–H groups in total. The van der Waals surface area contributed by atoms with E-state index in [4.69, 9.17) is 19.9 Å². The smallest absolute Gasteiger partial charge is 0.155 e. The fourth-order valence-electron chi connectivity index (χ4n) is 6.68. The summed E-state index contributed by atoms with van der Waals surface area (Å²) in [6.07, 6.45) is 12.3. The lowest BCUT2D eigenvalue weighted by molar-refractivity contribution is 0.827. The lowest BCUT2D eigenvalue weighted by Crippen LogP contribution is -2.01. The van der Waals surface area contributed by atoms with Gasteiger partial charge in [0, 0.05) is 23.7 Å². The lowest BCUT2D eigenvalue weighted by Gasteiger charge is -2.13. The van der Waals surface area contributed by atoms with E-state index in [1.165, 1.54) is 38.9 Å². The predicted octanol–water partition coefficient (Wildman–Crippen LogP) is 8.53. The van der Waals surface area contributed by atoms with Crippen LogP contribution in [0.5, 0.6) is 0 Å². The van der Waals surface area contributed by atoms with Crippen LogP contribution < -0.4 is 0 Å². The van der Waals surface area contributed by atoms with E-state index in [0.29, 0.717) is 5.82 Å². The van der Waals surface area contributed by atoms with E-state index in [1.54, 1.807) is 0 Å². The molecule has 6 nitrogen and oxygen atoms in total. The van der Waals surface area contributed by atoms with Gasteiger partial charge in [-0.1, -0.05) is 35.4 Å². The van der Waals surface area contributed by atoms with Gasteiger partial charge in [0.1, 0.15) is 17.3 Å². The number of fused-ring (bicyclic) bond motifs is 8. The molecular formula is C37H34N6. The van der Waals surface area contributed by atoms with E-state index in [0.717, 1.165) is 56.6 Å². The summed E-state index contributed by atoms with van der Waals surface area (Å²) in [5.74, 6) is 2.31. The molecule has 212 valence electrons. The van der Waals surface area contributed by atoms with Gasteiger partial charge < -0.3 is 9.55 Å². The highest BCUT2D eigenvalue weighted by Crippen LogP contribution is 2.37. The van der Waals surface area contributed by atoms with Crippen LogP contribution in [0.25, 0.3) is 69.9 Å². The summed E-state index contributed by atoms with van der Waals surface area (Å²) in [6.45, 7) is 12.9. The Bertz CT molecular complexity index is 2100. The van der Waals surface area contributed by atoms with Crippen molar-refractivity contribution in [2.75, 3.05) is 0 Å². The molecule has 8 bridgehead atoms. The molecule has 0 atom stereocenters. The highest BCUT2D eigenvalue weighted by atomic mass is 15.1. The number of aromatic amines is 1. The van der Waals surface area contributed by atoms with Crippen molar-refractivity contribution >= 4 is 47.6 Å². The van der Waals surface area contributed by atoms with Crippen LogP contribution in [-0.2, 0) is 7.05 Å². The fraction of sp³-hybridized carbons (Fsp3) is 0.189. The van der Waals surface area contributed by atoms with Crippen molar-refractivity contribution in [2.45, 2.75) is 41.5 Å². The number of rotatable bonds is 2. The third-order valence-corrected chi connectivity index (χ3v) is 8.36. The summed E-state index contributed by atoms with van der Waals surface area (Å²) in [7, 11) is 2.02. The molecule has 0 spiro atoms. The van der Waals surface area contributed by atoms with Crippen LogP contribution in [0.1, 0.15) is 67.9 Å². The van der Waals surface area contributed by atoms with Gasteiger partial charge in [-0.05, 0) is 124 Å². The molecule has 43 heavy (non-hydrogen) atoms. The minimum absolute atomic E-state index is 0.650. The Morgan fingerprint density at radius 1 is 0.512 bits per heavy atom. The summed E-state index contributed by atoms with van der Waals surface area (Å²) in [5.41, 5.74) is 16.0. The van der Waals surface area contributed by atoms with Crippen molar-refractivity contribution in [3.05, 3.63) is 104 Å². The summed E-state index contributed by atoms with van der Waals surface area (Å²) in [5, 5.41) is 0. The molecule has 0 aliphatic carbocycles. The van der Waals surface area contributed by atoms with Gasteiger partial charge in [0.15, 0.2) is 5.82 Å². The summed E-state index contributed by atoms with van der Waals surface area (Å²) < 4.78 is 2.05. The molecule has 0 saturated carbocycles. The van der Waals surface area contributed by atoms with Crippen molar-refractivity contribution in [3.63, 3.8) is 0 Å². The van der Waals surface area contributed by atoms with E-state index in [1.807, 2.05) is 25.3 Å². The third-order valence-electron chi connectivity index (χ3n) is 8.36. The topological polar surface area (TPSA) is 72.3 Å². The largest absolute Gasteiger partial charge is 0.340 e. The van der Waals surface area contributed by atoms with Gasteiger partial charge in [-0.15, -0.1) is 0 Å². The zero-order valence-electron chi connectivity index (χ0n) is 25.7. The predicted molar refractivity (Wildman–Crippen MR) is 179 cm³/mol. The molecule has 0 fully saturated rings. The second kappa shape index (κ2) is 10.0. The molecule has 3 aliphatic rings. The number of aryl methyl sites for hydroxylation is 6. The molecule has 6 heteroatoms. The Morgan fingerprint density at radius 3 is 1.58 bits per heavy atom. The van der Waals surface area contributed by atoms with Gasteiger partial charge in [-0.3, -0.25) is 0 Å². The quantitative estimate of drug-likeness (QED) is 0.229. The molecule has 4 aromatic rings. The second-order valence-electron chi connectivity index (χ2n) is 11.8. The number of benzene rings is 2. The number of aromatic nitrogens is 6. The Balaban J connectivity index is 1.61. The van der Waals surface area contributed by atoms with Crippen molar-refractivity contribution in [2.24, 2.45) is 7.05 Å². The number of nitrogens with zero attached hydrogens (tertiary/aromatic N) is 5. The van der Waals surface area contributed by atoms with Crippen LogP contribution in [-0.4, -0.2) is 29.5 Å². The fourth-order valence-corrected chi connectivity index (χ4v) is 6.68. The Hall–Kier alpha value is -5.10. The van der Waals surface area contributed by atoms with Crippen LogP contribution in [0.3, 0.4) is 0 Å².